The molecule has 3 heterocycles. The maximum atomic E-state index is 14.1. The van der Waals surface area contributed by atoms with Crippen LogP contribution < -0.4 is 5.43 Å². The number of fused-ring (bicyclic) bond motifs is 4. The van der Waals surface area contributed by atoms with Gasteiger partial charge in [0.1, 0.15) is 22.7 Å². The Labute approximate surface area is 231 Å². The summed E-state index contributed by atoms with van der Waals surface area (Å²) in [5.74, 6) is -1.13. The van der Waals surface area contributed by atoms with Crippen molar-refractivity contribution in [3.63, 3.8) is 0 Å². The number of phenolic OH excluding ortho intramolecular Hbond substituents is 1. The van der Waals surface area contributed by atoms with Gasteiger partial charge in [-0.25, -0.2) is 0 Å². The number of phenols is 1. The van der Waals surface area contributed by atoms with Gasteiger partial charge in [0.05, 0.1) is 40.9 Å². The largest absolute Gasteiger partial charge is 0.507 e. The van der Waals surface area contributed by atoms with Gasteiger partial charge in [-0.1, -0.05) is 6.07 Å². The molecule has 0 spiro atoms. The van der Waals surface area contributed by atoms with E-state index >= 15 is 0 Å². The molecule has 3 aliphatic rings. The highest BCUT2D eigenvalue weighted by Gasteiger charge is 2.53. The van der Waals surface area contributed by atoms with Crippen LogP contribution >= 0.6 is 0 Å². The van der Waals surface area contributed by atoms with Crippen molar-refractivity contribution in [3.05, 3.63) is 73.6 Å². The molecule has 0 radical (unpaired) electrons. The number of nitrogens with zero attached hydrogens (tertiary/aromatic N) is 1. The maximum Gasteiger partial charge on any atom is 0.202 e. The van der Waals surface area contributed by atoms with E-state index in [-0.39, 0.29) is 56.3 Å². The predicted molar refractivity (Wildman–Crippen MR) is 146 cm³/mol. The van der Waals surface area contributed by atoms with Crippen LogP contribution in [-0.2, 0) is 15.1 Å². The van der Waals surface area contributed by atoms with E-state index in [1.807, 2.05) is 32.8 Å². The summed E-state index contributed by atoms with van der Waals surface area (Å²) in [5.41, 5.74) is -0.937. The molecule has 2 aliphatic heterocycles. The molecule has 2 unspecified atom stereocenters. The monoisotopic (exact) mass is 547 g/mol. The van der Waals surface area contributed by atoms with Crippen LogP contribution in [0.25, 0.3) is 11.0 Å². The number of benzene rings is 2. The van der Waals surface area contributed by atoms with Crippen molar-refractivity contribution < 1.29 is 33.7 Å². The first kappa shape index (κ1) is 26.8. The lowest BCUT2D eigenvalue weighted by Crippen LogP contribution is -2.59. The second-order valence-electron chi connectivity index (χ2n) is 12.0. The molecule has 210 valence electrons. The molecule has 0 saturated carbocycles. The zero-order valence-electron chi connectivity index (χ0n) is 23.6. The molecule has 3 aromatic rings. The molecule has 1 aliphatic carbocycles. The lowest BCUT2D eigenvalue weighted by atomic mass is 9.77. The molecule has 2 saturated heterocycles. The van der Waals surface area contributed by atoms with Crippen LogP contribution in [0.4, 0.5) is 0 Å². The summed E-state index contributed by atoms with van der Waals surface area (Å²) in [5, 5.41) is 22.6. The van der Waals surface area contributed by atoms with Crippen LogP contribution in [-0.4, -0.2) is 64.6 Å². The number of hydrogen-bond acceptors (Lipinski definition) is 9. The third-order valence-corrected chi connectivity index (χ3v) is 9.41. The highest BCUT2D eigenvalue weighted by Crippen LogP contribution is 2.48. The van der Waals surface area contributed by atoms with Gasteiger partial charge in [0.15, 0.2) is 11.2 Å². The van der Waals surface area contributed by atoms with Gasteiger partial charge in [-0.15, -0.1) is 0 Å². The van der Waals surface area contributed by atoms with Gasteiger partial charge in [-0.3, -0.25) is 14.4 Å². The van der Waals surface area contributed by atoms with Crippen LogP contribution in [0.1, 0.15) is 88.9 Å². The van der Waals surface area contributed by atoms with Gasteiger partial charge in [-0.05, 0) is 72.8 Å². The smallest absolute Gasteiger partial charge is 0.202 e. The summed E-state index contributed by atoms with van der Waals surface area (Å²) in [6.45, 7) is 9.03. The number of likely N-dealkylation sites (N-methyl/N-ethyl adjacent to an activating group) is 1. The van der Waals surface area contributed by atoms with E-state index in [1.165, 1.54) is 18.2 Å². The van der Waals surface area contributed by atoms with Crippen molar-refractivity contribution in [3.8, 4) is 5.75 Å². The highest BCUT2D eigenvalue weighted by atomic mass is 16.6. The third-order valence-electron chi connectivity index (χ3n) is 9.41. The number of aliphatic hydroxyl groups is 1. The van der Waals surface area contributed by atoms with Crippen LogP contribution in [0.3, 0.4) is 0 Å². The number of ketones is 2. The lowest BCUT2D eigenvalue weighted by Gasteiger charge is -2.49. The van der Waals surface area contributed by atoms with Crippen molar-refractivity contribution in [1.29, 1.82) is 0 Å². The molecular weight excluding hydrogens is 514 g/mol. The first-order valence-electron chi connectivity index (χ1n) is 13.5. The van der Waals surface area contributed by atoms with Crippen molar-refractivity contribution in [2.75, 3.05) is 14.1 Å². The molecule has 2 N–H and O–H groups in total. The maximum absolute atomic E-state index is 14.1. The van der Waals surface area contributed by atoms with Crippen molar-refractivity contribution >= 4 is 22.5 Å². The minimum absolute atomic E-state index is 0.0149. The van der Waals surface area contributed by atoms with Gasteiger partial charge >= 0.3 is 0 Å². The van der Waals surface area contributed by atoms with Crippen molar-refractivity contribution in [1.82, 2.24) is 4.90 Å². The van der Waals surface area contributed by atoms with Gasteiger partial charge in [0, 0.05) is 28.3 Å². The number of carbonyl (C=O) groups is 2. The number of hydrogen-bond donors (Lipinski definition) is 2. The van der Waals surface area contributed by atoms with Gasteiger partial charge < -0.3 is 29.0 Å². The Morgan fingerprint density at radius 3 is 2.30 bits per heavy atom. The zero-order chi connectivity index (χ0) is 29.0. The first-order chi connectivity index (χ1) is 18.7. The second kappa shape index (κ2) is 8.57. The third kappa shape index (κ3) is 3.51. The Morgan fingerprint density at radius 2 is 1.68 bits per heavy atom. The van der Waals surface area contributed by atoms with E-state index in [9.17, 15) is 24.6 Å². The fourth-order valence-corrected chi connectivity index (χ4v) is 6.34. The molecule has 1 aromatic heterocycles. The summed E-state index contributed by atoms with van der Waals surface area (Å²) in [6.07, 6.45) is -1.81. The number of aromatic hydroxyl groups is 1. The van der Waals surface area contributed by atoms with E-state index in [0.717, 1.165) is 0 Å². The summed E-state index contributed by atoms with van der Waals surface area (Å²) < 4.78 is 17.9. The van der Waals surface area contributed by atoms with E-state index in [0.29, 0.717) is 17.5 Å². The fraction of sp³-hybridized carbons (Fsp3) is 0.452. The van der Waals surface area contributed by atoms with E-state index in [2.05, 4.69) is 0 Å². The minimum atomic E-state index is -0.808. The van der Waals surface area contributed by atoms with Crippen LogP contribution in [0, 0.1) is 6.92 Å². The molecule has 40 heavy (non-hydrogen) atoms. The van der Waals surface area contributed by atoms with Crippen molar-refractivity contribution in [2.24, 2.45) is 0 Å². The number of aryl methyl sites for hydroxylation is 1. The summed E-state index contributed by atoms with van der Waals surface area (Å²) in [7, 11) is 3.74. The minimum Gasteiger partial charge on any atom is -0.507 e. The van der Waals surface area contributed by atoms with Crippen LogP contribution in [0.15, 0.2) is 33.5 Å². The predicted octanol–water partition coefficient (Wildman–Crippen LogP) is 3.75. The van der Waals surface area contributed by atoms with Gasteiger partial charge in [-0.2, -0.15) is 0 Å². The Balaban J connectivity index is 1.53. The Morgan fingerprint density at radius 1 is 1.00 bits per heavy atom. The van der Waals surface area contributed by atoms with Gasteiger partial charge in [0.2, 0.25) is 5.78 Å². The molecule has 9 heteroatoms. The number of rotatable bonds is 3. The Bertz CT molecular complexity index is 1690. The average molecular weight is 548 g/mol. The molecular formula is C31H33NO8. The SMILES string of the molecule is Cc1cc2c(c3oc(C4(C)OC4C)cc(=O)c13)C(=O)c1c(ccc([C@H]3C[C@](C)(N(C)C)[C@H](O)[C@H](C)O3)c1O)C2=O. The van der Waals surface area contributed by atoms with Crippen LogP contribution in [0.5, 0.6) is 5.75 Å². The molecule has 0 amide bonds. The summed E-state index contributed by atoms with van der Waals surface area (Å²) >= 11 is 0. The summed E-state index contributed by atoms with van der Waals surface area (Å²) in [4.78, 5) is 43.0. The topological polar surface area (TPSA) is 130 Å². The number of carbonyl (C=O) groups excluding carboxylic acids is 2. The fourth-order valence-electron chi connectivity index (χ4n) is 6.34. The Hall–Kier alpha value is -3.37. The van der Waals surface area contributed by atoms with E-state index in [4.69, 9.17) is 13.9 Å². The summed E-state index contributed by atoms with van der Waals surface area (Å²) in [6, 6.07) is 6.05. The molecule has 0 bridgehead atoms. The number of ether oxygens (including phenoxy) is 2. The van der Waals surface area contributed by atoms with Crippen LogP contribution in [0.2, 0.25) is 0 Å². The molecule has 6 rings (SSSR count). The van der Waals surface area contributed by atoms with E-state index < -0.39 is 41.0 Å². The van der Waals surface area contributed by atoms with Gasteiger partial charge in [0.25, 0.3) is 0 Å². The zero-order valence-corrected chi connectivity index (χ0v) is 23.6. The lowest BCUT2D eigenvalue weighted by molar-refractivity contribution is -0.176. The average Bonchev–Trinajstić information content (AvgIpc) is 3.51. The number of epoxide rings is 1. The molecule has 2 fully saturated rings. The molecule has 6 atom stereocenters. The molecule has 9 nitrogen and oxygen atoms in total. The standard InChI is InChI=1S/C31H33NO8/c1-13-10-18-24(28-22(13)19(33)11-21(39-28)31(5)15(3)40-31)27(36)23-17(25(18)34)9-8-16(26(23)35)20-12-30(4,32(6)7)29(37)14(2)38-20/h8-11,14-15,20,29,35,37H,12H2,1-7H3/t14-,15?,20+,29+,30-,31?/m0/s1. The first-order valence-corrected chi connectivity index (χ1v) is 13.5. The Kier molecular flexibility index (Phi) is 5.75. The van der Waals surface area contributed by atoms with E-state index in [1.54, 1.807) is 26.8 Å². The quantitative estimate of drug-likeness (QED) is 0.368. The normalized spacial score (nSPS) is 31.4. The highest BCUT2D eigenvalue weighted by molar-refractivity contribution is 6.32. The second-order valence-corrected chi connectivity index (χ2v) is 12.0. The van der Waals surface area contributed by atoms with Crippen molar-refractivity contribution in [2.45, 2.75) is 76.6 Å². The number of aliphatic hydroxyl groups excluding tert-OH is 1. The molecule has 2 aromatic carbocycles.